The maximum Gasteiger partial charge on any atom is 0.254 e. The maximum atomic E-state index is 12.5. The second-order valence-corrected chi connectivity index (χ2v) is 5.20. The molecule has 2 aromatic rings. The number of carbonyl (C=O) groups excluding carboxylic acids is 1. The molecule has 4 heteroatoms. The Hall–Kier alpha value is -1.65. The number of hydrogen-bond acceptors (Lipinski definition) is 3. The third-order valence-electron chi connectivity index (χ3n) is 2.80. The van der Waals surface area contributed by atoms with Crippen molar-refractivity contribution in [3.8, 4) is 0 Å². The van der Waals surface area contributed by atoms with Crippen molar-refractivity contribution in [3.63, 3.8) is 0 Å². The minimum absolute atomic E-state index is 0.0473. The molecule has 0 atom stereocenters. The molecule has 0 spiro atoms. The van der Waals surface area contributed by atoms with Crippen LogP contribution in [0.15, 0.2) is 47.8 Å². The standard InChI is InChI=1S/C15H17NO2S/c1-18-10-9-16(12-14-8-5-11-19-14)15(17)13-6-3-2-4-7-13/h2-8,11H,9-10,12H2,1H3. The predicted octanol–water partition coefficient (Wildman–Crippen LogP) is 3.04. The maximum absolute atomic E-state index is 12.5. The third kappa shape index (κ3) is 3.91. The van der Waals surface area contributed by atoms with Crippen LogP contribution in [0.25, 0.3) is 0 Å². The van der Waals surface area contributed by atoms with E-state index >= 15 is 0 Å². The van der Waals surface area contributed by atoms with Crippen LogP contribution in [0.5, 0.6) is 0 Å². The summed E-state index contributed by atoms with van der Waals surface area (Å²) in [5.41, 5.74) is 0.718. The van der Waals surface area contributed by atoms with Crippen LogP contribution in [0.4, 0.5) is 0 Å². The lowest BCUT2D eigenvalue weighted by atomic mass is 10.2. The number of carbonyl (C=O) groups is 1. The van der Waals surface area contributed by atoms with Gasteiger partial charge in [0.1, 0.15) is 0 Å². The van der Waals surface area contributed by atoms with Crippen LogP contribution >= 0.6 is 11.3 Å². The average Bonchev–Trinajstić information content (AvgIpc) is 2.96. The van der Waals surface area contributed by atoms with E-state index in [1.54, 1.807) is 18.4 Å². The first-order valence-corrected chi connectivity index (χ1v) is 7.05. The van der Waals surface area contributed by atoms with Gasteiger partial charge in [-0.2, -0.15) is 0 Å². The molecule has 0 N–H and O–H groups in total. The summed E-state index contributed by atoms with van der Waals surface area (Å²) in [4.78, 5) is 15.5. The summed E-state index contributed by atoms with van der Waals surface area (Å²) in [6, 6.07) is 13.4. The molecule has 1 aromatic heterocycles. The van der Waals surface area contributed by atoms with Gasteiger partial charge < -0.3 is 9.64 Å². The molecule has 0 saturated carbocycles. The van der Waals surface area contributed by atoms with Crippen LogP contribution in [-0.2, 0) is 11.3 Å². The Kier molecular flexibility index (Phi) is 5.12. The van der Waals surface area contributed by atoms with E-state index in [-0.39, 0.29) is 5.91 Å². The Labute approximate surface area is 117 Å². The first kappa shape index (κ1) is 13.8. The van der Waals surface area contributed by atoms with Crippen molar-refractivity contribution in [1.82, 2.24) is 4.90 Å². The summed E-state index contributed by atoms with van der Waals surface area (Å²) in [5, 5.41) is 2.02. The summed E-state index contributed by atoms with van der Waals surface area (Å²) in [5.74, 6) is 0.0473. The van der Waals surface area contributed by atoms with E-state index < -0.39 is 0 Å². The molecule has 1 amide bonds. The van der Waals surface area contributed by atoms with Gasteiger partial charge in [0.15, 0.2) is 0 Å². The van der Waals surface area contributed by atoms with Crippen LogP contribution in [0.2, 0.25) is 0 Å². The van der Waals surface area contributed by atoms with Gasteiger partial charge in [-0.05, 0) is 23.6 Å². The highest BCUT2D eigenvalue weighted by atomic mass is 32.1. The summed E-state index contributed by atoms with van der Waals surface area (Å²) in [6.45, 7) is 1.78. The van der Waals surface area contributed by atoms with Gasteiger partial charge in [-0.15, -0.1) is 11.3 Å². The Bertz CT molecular complexity index is 496. The van der Waals surface area contributed by atoms with E-state index in [0.29, 0.717) is 19.7 Å². The topological polar surface area (TPSA) is 29.5 Å². The zero-order valence-corrected chi connectivity index (χ0v) is 11.7. The average molecular weight is 275 g/mol. The fraction of sp³-hybridized carbons (Fsp3) is 0.267. The van der Waals surface area contributed by atoms with Crippen molar-refractivity contribution < 1.29 is 9.53 Å². The van der Waals surface area contributed by atoms with Crippen molar-refractivity contribution in [2.24, 2.45) is 0 Å². The number of rotatable bonds is 6. The molecular formula is C15H17NO2S. The number of amides is 1. The third-order valence-corrected chi connectivity index (χ3v) is 3.66. The van der Waals surface area contributed by atoms with E-state index in [1.165, 1.54) is 4.88 Å². The summed E-state index contributed by atoms with van der Waals surface area (Å²) < 4.78 is 5.09. The molecule has 0 saturated heterocycles. The van der Waals surface area contributed by atoms with Gasteiger partial charge in [0.25, 0.3) is 5.91 Å². The highest BCUT2D eigenvalue weighted by molar-refractivity contribution is 7.09. The van der Waals surface area contributed by atoms with Gasteiger partial charge in [-0.3, -0.25) is 4.79 Å². The summed E-state index contributed by atoms with van der Waals surface area (Å²) >= 11 is 1.66. The molecule has 0 aliphatic rings. The van der Waals surface area contributed by atoms with Gasteiger partial charge in [-0.1, -0.05) is 24.3 Å². The smallest absolute Gasteiger partial charge is 0.254 e. The van der Waals surface area contributed by atoms with Crippen molar-refractivity contribution in [1.29, 1.82) is 0 Å². The van der Waals surface area contributed by atoms with Crippen LogP contribution in [-0.4, -0.2) is 31.1 Å². The Balaban J connectivity index is 2.10. The molecule has 0 unspecified atom stereocenters. The number of nitrogens with zero attached hydrogens (tertiary/aromatic N) is 1. The molecular weight excluding hydrogens is 258 g/mol. The van der Waals surface area contributed by atoms with E-state index in [9.17, 15) is 4.79 Å². The SMILES string of the molecule is COCCN(Cc1cccs1)C(=O)c1ccccc1. The molecule has 100 valence electrons. The molecule has 1 heterocycles. The fourth-order valence-electron chi connectivity index (χ4n) is 1.81. The van der Waals surface area contributed by atoms with Gasteiger partial charge in [-0.25, -0.2) is 0 Å². The van der Waals surface area contributed by atoms with Crippen molar-refractivity contribution >= 4 is 17.2 Å². The number of ether oxygens (including phenoxy) is 1. The lowest BCUT2D eigenvalue weighted by Crippen LogP contribution is -2.33. The van der Waals surface area contributed by atoms with Gasteiger partial charge in [0.2, 0.25) is 0 Å². The van der Waals surface area contributed by atoms with E-state index in [2.05, 4.69) is 0 Å². The monoisotopic (exact) mass is 275 g/mol. The van der Waals surface area contributed by atoms with E-state index in [4.69, 9.17) is 4.74 Å². The second kappa shape index (κ2) is 7.07. The molecule has 0 fully saturated rings. The number of benzene rings is 1. The molecule has 0 aliphatic carbocycles. The van der Waals surface area contributed by atoms with Gasteiger partial charge in [0.05, 0.1) is 13.2 Å². The molecule has 19 heavy (non-hydrogen) atoms. The summed E-state index contributed by atoms with van der Waals surface area (Å²) in [7, 11) is 1.65. The Morgan fingerprint density at radius 3 is 2.63 bits per heavy atom. The summed E-state index contributed by atoms with van der Waals surface area (Å²) in [6.07, 6.45) is 0. The van der Waals surface area contributed by atoms with Gasteiger partial charge in [0, 0.05) is 24.1 Å². The van der Waals surface area contributed by atoms with Crippen LogP contribution in [0.1, 0.15) is 15.2 Å². The van der Waals surface area contributed by atoms with Crippen molar-refractivity contribution in [2.45, 2.75) is 6.54 Å². The fourth-order valence-corrected chi connectivity index (χ4v) is 2.53. The first-order valence-electron chi connectivity index (χ1n) is 6.17. The number of hydrogen-bond donors (Lipinski definition) is 0. The molecule has 3 nitrogen and oxygen atoms in total. The van der Waals surface area contributed by atoms with Crippen LogP contribution in [0, 0.1) is 0 Å². The lowest BCUT2D eigenvalue weighted by Gasteiger charge is -2.21. The molecule has 0 bridgehead atoms. The van der Waals surface area contributed by atoms with E-state index in [0.717, 1.165) is 5.56 Å². The largest absolute Gasteiger partial charge is 0.383 e. The van der Waals surface area contributed by atoms with Crippen molar-refractivity contribution in [3.05, 3.63) is 58.3 Å². The van der Waals surface area contributed by atoms with Crippen LogP contribution < -0.4 is 0 Å². The van der Waals surface area contributed by atoms with Crippen LogP contribution in [0.3, 0.4) is 0 Å². The minimum Gasteiger partial charge on any atom is -0.383 e. The number of methoxy groups -OCH3 is 1. The molecule has 0 radical (unpaired) electrons. The lowest BCUT2D eigenvalue weighted by molar-refractivity contribution is 0.0682. The van der Waals surface area contributed by atoms with E-state index in [1.807, 2.05) is 52.7 Å². The first-order chi connectivity index (χ1) is 9.31. The normalized spacial score (nSPS) is 10.4. The molecule has 1 aromatic carbocycles. The highest BCUT2D eigenvalue weighted by Crippen LogP contribution is 2.14. The number of thiophene rings is 1. The Morgan fingerprint density at radius 2 is 2.00 bits per heavy atom. The zero-order valence-electron chi connectivity index (χ0n) is 10.9. The highest BCUT2D eigenvalue weighted by Gasteiger charge is 2.15. The van der Waals surface area contributed by atoms with Crippen molar-refractivity contribution in [2.75, 3.05) is 20.3 Å². The Morgan fingerprint density at radius 1 is 1.21 bits per heavy atom. The second-order valence-electron chi connectivity index (χ2n) is 4.16. The quantitative estimate of drug-likeness (QED) is 0.811. The minimum atomic E-state index is 0.0473. The zero-order chi connectivity index (χ0) is 13.5. The predicted molar refractivity (Wildman–Crippen MR) is 77.4 cm³/mol. The van der Waals surface area contributed by atoms with Gasteiger partial charge >= 0.3 is 0 Å². The molecule has 0 aliphatic heterocycles. The molecule has 2 rings (SSSR count).